The van der Waals surface area contributed by atoms with Crippen molar-refractivity contribution in [2.45, 2.75) is 269 Å². The number of phenolic OH excluding ortho intramolecular Hbond substituents is 6. The van der Waals surface area contributed by atoms with Crippen molar-refractivity contribution in [1.82, 2.24) is 0 Å². The number of carboxylic acid groups (broad SMARTS) is 6. The molecule has 3 heterocycles. The minimum atomic E-state index is -0.833. The molecule has 0 saturated carbocycles. The van der Waals surface area contributed by atoms with Gasteiger partial charge in [0.2, 0.25) is 0 Å². The Hall–Kier alpha value is -6.20. The molecule has 0 atom stereocenters. The second kappa shape index (κ2) is 69.8. The number of rotatable bonds is 2. The van der Waals surface area contributed by atoms with Crippen LogP contribution in [0.5, 0.6) is 46.0 Å². The first-order valence-electron chi connectivity index (χ1n) is 44.6. The molecule has 3 aliphatic heterocycles. The van der Waals surface area contributed by atoms with E-state index in [1.807, 2.05) is 62.4 Å². The fraction of sp³-hybridized carbons (Fsp3) is 0.588. The van der Waals surface area contributed by atoms with Crippen LogP contribution < -0.4 is 9.47 Å². The smallest absolute Gasteiger partial charge is 0.658 e. The summed E-state index contributed by atoms with van der Waals surface area (Å²) in [5.41, 5.74) is 13.3. The number of aromatic hydroxyl groups is 6. The van der Waals surface area contributed by atoms with Gasteiger partial charge in [-0.1, -0.05) is 217 Å². The zero-order valence-corrected chi connectivity index (χ0v) is 107. The number of methoxy groups -OCH3 is 2. The Morgan fingerprint density at radius 1 is 0.236 bits per heavy atom. The number of ether oxygens (including phenoxy) is 2. The van der Waals surface area contributed by atoms with E-state index in [-0.39, 0.29) is 172 Å². The van der Waals surface area contributed by atoms with Crippen molar-refractivity contribution in [2.24, 2.45) is 32.5 Å². The summed E-state index contributed by atoms with van der Waals surface area (Å²) in [7, 11) is 3.24. The molecule has 38 heteroatoms. The van der Waals surface area contributed by atoms with Gasteiger partial charge in [0.05, 0.1) is 14.2 Å². The summed E-state index contributed by atoms with van der Waals surface area (Å²) in [6.45, 7) is 62.0. The Kier molecular flexibility index (Phi) is 72.0. The summed E-state index contributed by atoms with van der Waals surface area (Å²) in [6, 6.07) is 23.7. The summed E-state index contributed by atoms with van der Waals surface area (Å²) >= 11 is 0. The minimum absolute atomic E-state index is 0. The maximum absolute atomic E-state index is 11.2. The molecule has 0 saturated heterocycles. The van der Waals surface area contributed by atoms with E-state index in [1.165, 1.54) is 11.1 Å². The van der Waals surface area contributed by atoms with Gasteiger partial charge in [0, 0.05) is 41.5 Å². The topological polar surface area (TPSA) is 533 Å². The van der Waals surface area contributed by atoms with Gasteiger partial charge in [0.1, 0.15) is 46.0 Å². The van der Waals surface area contributed by atoms with Gasteiger partial charge >= 0.3 is 117 Å². The average Bonchev–Trinajstić information content (AvgIpc) is 0.807. The van der Waals surface area contributed by atoms with Gasteiger partial charge in [0.25, 0.3) is 35.8 Å². The number of hydrogen-bond acceptors (Lipinski definition) is 14. The molecule has 6 aromatic rings. The van der Waals surface area contributed by atoms with Crippen LogP contribution in [0.25, 0.3) is 63.8 Å². The molecular weight excluding hydrogens is 2110 g/mol. The van der Waals surface area contributed by atoms with Crippen molar-refractivity contribution < 1.29 is 216 Å². The van der Waals surface area contributed by atoms with E-state index >= 15 is 0 Å². The largest absolute Gasteiger partial charge is 2.00 e. The van der Waals surface area contributed by atoms with Crippen molar-refractivity contribution >= 4 is 35.8 Å². The Morgan fingerprint density at radius 3 is 0.436 bits per heavy atom. The fourth-order valence-electron chi connectivity index (χ4n) is 13.4. The Morgan fingerprint density at radius 2 is 0.336 bits per heavy atom. The third kappa shape index (κ3) is 62.6. The number of fused-ring (bicyclic) bond motifs is 12. The van der Waals surface area contributed by atoms with E-state index < -0.39 is 35.8 Å². The summed E-state index contributed by atoms with van der Waals surface area (Å²) in [5.74, 6) is -1.94. The predicted molar refractivity (Wildman–Crippen MR) is 534 cm³/mol. The van der Waals surface area contributed by atoms with E-state index in [0.717, 1.165) is 119 Å². The van der Waals surface area contributed by atoms with Crippen molar-refractivity contribution in [3.8, 4) is 46.0 Å². The Balaban J connectivity index is -0.000000421. The Bertz CT molecular complexity index is 4130. The van der Waals surface area contributed by atoms with Crippen LogP contribution in [0.1, 0.15) is 255 Å². The van der Waals surface area contributed by atoms with Crippen LogP contribution in [0.3, 0.4) is 0 Å². The minimum Gasteiger partial charge on any atom is -0.658 e. The van der Waals surface area contributed by atoms with E-state index in [1.54, 1.807) is 14.2 Å². The standard InChI is InChI=1S/C34H52N4O2.C28H40N4O4.C28H40N4O2.6C2H4O2.6Zn/c1-31(2,3)27-11-23-15-35-19-33(7,8)21-37-17-25-13-28(32(4,5)6)14-26(30(25)40)18-38-22-34(9,10)20-36-16-24(12-27)29(23)39;1-27(2)15-29-11-19-7-23(35-5)9-21(25(19)33)13-31-17-28(3,4)18-32-14-22-10-24(36-6)8-20(26(22)34)12-30-16-27;1-19-7-21-11-29-15-27(3,4)17-31-13-23-9-20(2)10-24(26(23)34)14-32-18-28(5,6)16-30-12-22(8-19)25(21)33;6*1-2(3)4;;;;;;/h11-14,39-40H,15-22H2,1-10H3;7-10,33-34H,11-18H2,1-6H3;7-10,33-34H,11-18H2,1-6H3;6*1H3,(H,3,4);;;;;;/q3*-4;;;;;;;6*+2. The van der Waals surface area contributed by atoms with Crippen LogP contribution in [-0.4, -0.2) is 190 Å². The molecule has 12 bridgehead atoms. The number of benzene rings is 6. The van der Waals surface area contributed by atoms with Gasteiger partial charge in [-0.3, -0.25) is 28.8 Å². The molecule has 6 aromatic carbocycles. The van der Waals surface area contributed by atoms with Gasteiger partial charge < -0.3 is 135 Å². The maximum Gasteiger partial charge on any atom is 2.00 e. The second-order valence-corrected chi connectivity index (χ2v) is 40.8. The SMILES string of the molecule is CC(=O)O.CC(=O)O.CC(=O)O.CC(=O)O.CC(=O)O.CC(=O)O.CC1(C)C[N-]Cc2cc(C(C)(C)C)cc(c2O)C[N-]CC(C)(C)C[N-]Cc2cc(C(C)(C)C)cc(c2O)C[N-]C1.COc1cc2c(O)c(c1)C[N-]CC(C)(C)C[N-]Cc1cc(OC)cc(c1O)C[N-]CC(C)(C)C[N-]C2.Cc1cc2c(O)c(c1)C[N-]CC(C)(C)C[N-]Cc1cc(C)cc(c1O)C[N-]CC(C)(C)C[N-]C2.[Zn+2].[Zn+2].[Zn+2].[Zn+2].[Zn+2].[Zn+2]. The van der Waals surface area contributed by atoms with Crippen molar-refractivity contribution in [3.05, 3.63) is 226 Å². The summed E-state index contributed by atoms with van der Waals surface area (Å²) in [5, 5.41) is 168. The molecule has 12 N–H and O–H groups in total. The van der Waals surface area contributed by atoms with E-state index in [4.69, 9.17) is 133 Å². The number of nitrogens with zero attached hydrogens (tertiary/aromatic N) is 12. The number of hydrogen-bond donors (Lipinski definition) is 12. The van der Waals surface area contributed by atoms with E-state index in [0.29, 0.717) is 192 Å². The fourth-order valence-corrected chi connectivity index (χ4v) is 13.4. The predicted octanol–water partition coefficient (Wildman–Crippen LogP) is 22.8. The molecule has 140 heavy (non-hydrogen) atoms. The van der Waals surface area contributed by atoms with Crippen molar-refractivity contribution in [3.63, 3.8) is 0 Å². The normalized spacial score (nSPS) is 16.5. The number of carbonyl (C=O) groups is 6. The van der Waals surface area contributed by atoms with Crippen LogP contribution in [0, 0.1) is 46.3 Å². The first-order chi connectivity index (χ1) is 61.8. The molecule has 0 aliphatic carbocycles. The third-order valence-electron chi connectivity index (χ3n) is 19.9. The quantitative estimate of drug-likeness (QED) is 0.0716. The number of phenols is 6. The molecule has 0 radical (unpaired) electrons. The number of aliphatic carboxylic acids is 6. The van der Waals surface area contributed by atoms with Gasteiger partial charge in [-0.15, -0.1) is 157 Å². The van der Waals surface area contributed by atoms with Gasteiger partial charge in [-0.05, 0) is 127 Å². The van der Waals surface area contributed by atoms with Gasteiger partial charge in [-0.25, -0.2) is 0 Å². The molecule has 0 unspecified atom stereocenters. The van der Waals surface area contributed by atoms with Crippen LogP contribution in [0.2, 0.25) is 0 Å². The molecule has 32 nitrogen and oxygen atoms in total. The monoisotopic (exact) mass is 2250 g/mol. The molecule has 0 spiro atoms. The van der Waals surface area contributed by atoms with Gasteiger partial charge in [-0.2, -0.15) is 0 Å². The first-order valence-corrected chi connectivity index (χ1v) is 44.6. The zero-order chi connectivity index (χ0) is 103. The molecule has 9 rings (SSSR count). The maximum atomic E-state index is 11.2. The molecule has 756 valence electrons. The number of carboxylic acids is 6. The molecule has 0 amide bonds. The number of aryl methyl sites for hydroxylation is 2. The molecule has 3 aliphatic rings. The molecular formula is C102H156N12O20Zn6. The van der Waals surface area contributed by atoms with Crippen LogP contribution in [-0.2, 0) is 235 Å². The first kappa shape index (κ1) is 144. The second-order valence-electron chi connectivity index (χ2n) is 40.8. The van der Waals surface area contributed by atoms with Crippen LogP contribution >= 0.6 is 0 Å². The molecule has 0 fully saturated rings. The van der Waals surface area contributed by atoms with Crippen LogP contribution in [0.4, 0.5) is 0 Å². The Labute approximate surface area is 910 Å². The third-order valence-corrected chi connectivity index (χ3v) is 19.9. The van der Waals surface area contributed by atoms with E-state index in [9.17, 15) is 30.6 Å². The van der Waals surface area contributed by atoms with Crippen molar-refractivity contribution in [2.75, 3.05) is 92.8 Å². The molecule has 0 aromatic heterocycles. The van der Waals surface area contributed by atoms with Crippen molar-refractivity contribution in [1.29, 1.82) is 0 Å². The van der Waals surface area contributed by atoms with E-state index in [2.05, 4.69) is 149 Å². The average molecular weight is 2260 g/mol. The summed E-state index contributed by atoms with van der Waals surface area (Å²) < 4.78 is 10.9. The van der Waals surface area contributed by atoms with Gasteiger partial charge in [0.15, 0.2) is 0 Å². The van der Waals surface area contributed by atoms with Crippen LogP contribution in [0.15, 0.2) is 72.8 Å². The summed E-state index contributed by atoms with van der Waals surface area (Å²) in [4.78, 5) is 54.0. The summed E-state index contributed by atoms with van der Waals surface area (Å²) in [6.07, 6.45) is 0. The zero-order valence-electron chi connectivity index (χ0n) is 89.1.